The fourth-order valence-electron chi connectivity index (χ4n) is 1.60. The second kappa shape index (κ2) is 5.11. The Bertz CT molecular complexity index is 545. The predicted octanol–water partition coefficient (Wildman–Crippen LogP) is 3.06. The van der Waals surface area contributed by atoms with Crippen LogP contribution in [-0.4, -0.2) is 36.7 Å². The fraction of sp³-hybridized carbons (Fsp3) is 0.600. The number of hydrogen-bond donors (Lipinski definition) is 1. The minimum absolute atomic E-state index is 0.438. The van der Waals surface area contributed by atoms with Gasteiger partial charge in [-0.15, -0.1) is 0 Å². The van der Waals surface area contributed by atoms with Crippen molar-refractivity contribution in [2.24, 2.45) is 0 Å². The van der Waals surface area contributed by atoms with Gasteiger partial charge in [-0.1, -0.05) is 19.6 Å². The lowest BCUT2D eigenvalue weighted by Gasteiger charge is -2.20. The van der Waals surface area contributed by atoms with Crippen molar-refractivity contribution in [2.45, 2.75) is 38.2 Å². The number of aromatic amines is 1. The van der Waals surface area contributed by atoms with Gasteiger partial charge in [-0.25, -0.2) is 8.78 Å². The van der Waals surface area contributed by atoms with Crippen LogP contribution in [0.1, 0.15) is 16.1 Å². The van der Waals surface area contributed by atoms with E-state index in [-0.39, 0.29) is 0 Å². The molecule has 0 saturated heterocycles. The molecule has 0 unspecified atom stereocenters. The highest BCUT2D eigenvalue weighted by molar-refractivity contribution is 6.88. The average molecular weight is 336 g/mol. The zero-order chi connectivity index (χ0) is 16.8. The highest BCUT2D eigenvalue weighted by atomic mass is 28.3. The molecule has 1 aromatic rings. The topological polar surface area (TPSA) is 45.8 Å². The Morgan fingerprint density at radius 2 is 1.62 bits per heavy atom. The Labute approximate surface area is 115 Å². The fourth-order valence-corrected chi connectivity index (χ4v) is 2.99. The molecule has 0 aliphatic heterocycles. The monoisotopic (exact) mass is 336 g/mol. The van der Waals surface area contributed by atoms with E-state index in [2.05, 4.69) is 5.10 Å². The van der Waals surface area contributed by atoms with E-state index in [1.807, 2.05) is 0 Å². The molecule has 120 valence electrons. The van der Waals surface area contributed by atoms with Crippen LogP contribution < -0.4 is 5.32 Å². The lowest BCUT2D eigenvalue weighted by atomic mass is 10.1. The van der Waals surface area contributed by atoms with Crippen LogP contribution in [0.15, 0.2) is 0 Å². The molecule has 21 heavy (non-hydrogen) atoms. The Kier molecular flexibility index (Phi) is 4.29. The lowest BCUT2D eigenvalue weighted by Crippen LogP contribution is -2.44. The van der Waals surface area contributed by atoms with Crippen LogP contribution in [0.4, 0.5) is 30.7 Å². The van der Waals surface area contributed by atoms with Gasteiger partial charge >= 0.3 is 18.5 Å². The van der Waals surface area contributed by atoms with Gasteiger partial charge in [-0.3, -0.25) is 9.89 Å². The SMILES string of the molecule is C[Si](C)(C)c1n[nH]c(C(F)(F)C(F)(F)F)c1C(=O)C(F)F. The number of ketones is 1. The first kappa shape index (κ1) is 17.7. The summed E-state index contributed by atoms with van der Waals surface area (Å²) in [5.41, 5.74) is -3.29. The summed E-state index contributed by atoms with van der Waals surface area (Å²) in [5, 5.41) is 4.26. The molecule has 0 radical (unpaired) electrons. The van der Waals surface area contributed by atoms with Gasteiger partial charge in [0.25, 0.3) is 0 Å². The summed E-state index contributed by atoms with van der Waals surface area (Å²) in [4.78, 5) is 11.4. The number of rotatable bonds is 4. The van der Waals surface area contributed by atoms with Gasteiger partial charge in [0, 0.05) is 0 Å². The van der Waals surface area contributed by atoms with Crippen LogP contribution in [0.5, 0.6) is 0 Å². The zero-order valence-corrected chi connectivity index (χ0v) is 12.1. The molecule has 1 rings (SSSR count). The van der Waals surface area contributed by atoms with Gasteiger partial charge in [-0.2, -0.15) is 27.1 Å². The van der Waals surface area contributed by atoms with E-state index in [9.17, 15) is 35.5 Å². The van der Waals surface area contributed by atoms with Crippen LogP contribution in [0, 0.1) is 0 Å². The highest BCUT2D eigenvalue weighted by Crippen LogP contribution is 2.44. The van der Waals surface area contributed by atoms with Crippen LogP contribution in [0.2, 0.25) is 19.6 Å². The second-order valence-corrected chi connectivity index (χ2v) is 10.3. The molecule has 0 aromatic carbocycles. The molecule has 1 aromatic heterocycles. The smallest absolute Gasteiger partial charge is 0.288 e. The van der Waals surface area contributed by atoms with Crippen molar-refractivity contribution in [3.8, 4) is 0 Å². The maximum absolute atomic E-state index is 13.4. The van der Waals surface area contributed by atoms with Crippen molar-refractivity contribution in [3.05, 3.63) is 11.3 Å². The third kappa shape index (κ3) is 3.11. The summed E-state index contributed by atoms with van der Waals surface area (Å²) in [6, 6.07) is 0. The number of halogens is 7. The zero-order valence-electron chi connectivity index (χ0n) is 11.1. The average Bonchev–Trinajstić information content (AvgIpc) is 2.70. The molecule has 0 fully saturated rings. The van der Waals surface area contributed by atoms with Crippen molar-refractivity contribution in [2.75, 3.05) is 0 Å². The van der Waals surface area contributed by atoms with Crippen LogP contribution >= 0.6 is 0 Å². The molecular weight excluding hydrogens is 325 g/mol. The van der Waals surface area contributed by atoms with E-state index in [4.69, 9.17) is 0 Å². The normalized spacial score (nSPS) is 13.9. The quantitative estimate of drug-likeness (QED) is 0.522. The van der Waals surface area contributed by atoms with Crippen molar-refractivity contribution >= 4 is 19.2 Å². The van der Waals surface area contributed by atoms with Crippen LogP contribution in [0.25, 0.3) is 0 Å². The minimum Gasteiger partial charge on any atom is -0.288 e. The number of nitrogens with one attached hydrogen (secondary N) is 1. The summed E-state index contributed by atoms with van der Waals surface area (Å²) in [7, 11) is -2.70. The first-order valence-electron chi connectivity index (χ1n) is 5.57. The van der Waals surface area contributed by atoms with E-state index < -0.39 is 49.0 Å². The number of nitrogens with zero attached hydrogens (tertiary/aromatic N) is 1. The van der Waals surface area contributed by atoms with Gasteiger partial charge < -0.3 is 0 Å². The van der Waals surface area contributed by atoms with Crippen molar-refractivity contribution < 1.29 is 35.5 Å². The van der Waals surface area contributed by atoms with Crippen LogP contribution in [0.3, 0.4) is 0 Å². The van der Waals surface area contributed by atoms with Crippen molar-refractivity contribution in [1.82, 2.24) is 10.2 Å². The number of carbonyl (C=O) groups is 1. The molecular formula is C10H11F7N2OSi. The maximum Gasteiger partial charge on any atom is 0.459 e. The summed E-state index contributed by atoms with van der Waals surface area (Å²) >= 11 is 0. The Morgan fingerprint density at radius 3 is 1.95 bits per heavy atom. The summed E-state index contributed by atoms with van der Waals surface area (Å²) < 4.78 is 88.9. The molecule has 3 nitrogen and oxygen atoms in total. The van der Waals surface area contributed by atoms with Crippen molar-refractivity contribution in [3.63, 3.8) is 0 Å². The number of carbonyl (C=O) groups excluding carboxylic acids is 1. The first-order valence-corrected chi connectivity index (χ1v) is 9.07. The van der Waals surface area contributed by atoms with E-state index in [0.717, 1.165) is 0 Å². The molecule has 0 saturated carbocycles. The molecule has 11 heteroatoms. The first-order chi connectivity index (χ1) is 9.21. The highest BCUT2D eigenvalue weighted by Gasteiger charge is 2.62. The summed E-state index contributed by atoms with van der Waals surface area (Å²) in [6.45, 7) is 4.42. The summed E-state index contributed by atoms with van der Waals surface area (Å²) in [6.07, 6.45) is -9.74. The molecule has 0 amide bonds. The van der Waals surface area contributed by atoms with Crippen molar-refractivity contribution in [1.29, 1.82) is 0 Å². The Balaban J connectivity index is 3.64. The second-order valence-electron chi connectivity index (χ2n) is 5.31. The minimum atomic E-state index is -6.03. The third-order valence-electron chi connectivity index (χ3n) is 2.59. The van der Waals surface area contributed by atoms with Gasteiger partial charge in [-0.05, 0) is 0 Å². The molecule has 0 atom stereocenters. The molecule has 0 bridgehead atoms. The number of H-pyrrole nitrogens is 1. The van der Waals surface area contributed by atoms with Gasteiger partial charge in [0.05, 0.1) is 10.9 Å². The largest absolute Gasteiger partial charge is 0.459 e. The van der Waals surface area contributed by atoms with Gasteiger partial charge in [0.2, 0.25) is 5.78 Å². The standard InChI is InChI=1S/C10H11F7N2OSi/c1-21(2,3)8-4(5(20)7(11)12)6(18-19-8)9(13,14)10(15,16)17/h7H,1-3H3,(H,18,19). The number of hydrogen-bond acceptors (Lipinski definition) is 2. The number of aromatic nitrogens is 2. The molecule has 0 aliphatic carbocycles. The third-order valence-corrected chi connectivity index (χ3v) is 4.37. The van der Waals surface area contributed by atoms with Gasteiger partial charge in [0.15, 0.2) is 0 Å². The van der Waals surface area contributed by atoms with Crippen LogP contribution in [-0.2, 0) is 5.92 Å². The Morgan fingerprint density at radius 1 is 1.14 bits per heavy atom. The maximum atomic E-state index is 13.4. The molecule has 0 aliphatic rings. The van der Waals surface area contributed by atoms with Gasteiger partial charge in [0.1, 0.15) is 13.8 Å². The molecule has 1 N–H and O–H groups in total. The van der Waals surface area contributed by atoms with E-state index >= 15 is 0 Å². The predicted molar refractivity (Wildman–Crippen MR) is 61.9 cm³/mol. The van der Waals surface area contributed by atoms with E-state index in [0.29, 0.717) is 0 Å². The summed E-state index contributed by atoms with van der Waals surface area (Å²) in [5.74, 6) is -7.57. The Hall–Kier alpha value is -1.39. The molecule has 1 heterocycles. The lowest BCUT2D eigenvalue weighted by molar-refractivity contribution is -0.291. The molecule has 0 spiro atoms. The van der Waals surface area contributed by atoms with E-state index in [1.165, 1.54) is 24.7 Å². The number of Topliss-reactive ketones (excluding diaryl/α,β-unsaturated/α-hetero) is 1. The number of alkyl halides is 7. The van der Waals surface area contributed by atoms with E-state index in [1.54, 1.807) is 0 Å².